The van der Waals surface area contributed by atoms with Gasteiger partial charge in [-0.25, -0.2) is 0 Å². The molecule has 2 aromatic rings. The van der Waals surface area contributed by atoms with Gasteiger partial charge in [-0.05, 0) is 36.2 Å². The summed E-state index contributed by atoms with van der Waals surface area (Å²) in [5, 5.41) is 3.58. The third-order valence-corrected chi connectivity index (χ3v) is 4.15. The van der Waals surface area contributed by atoms with Crippen LogP contribution in [0.3, 0.4) is 0 Å². The van der Waals surface area contributed by atoms with Crippen LogP contribution in [0.15, 0.2) is 36.4 Å². The van der Waals surface area contributed by atoms with E-state index < -0.39 is 0 Å². The van der Waals surface area contributed by atoms with Gasteiger partial charge in [0, 0.05) is 17.7 Å². The van der Waals surface area contributed by atoms with Gasteiger partial charge < -0.3 is 19.5 Å². The van der Waals surface area contributed by atoms with Crippen molar-refractivity contribution in [1.29, 1.82) is 0 Å². The summed E-state index contributed by atoms with van der Waals surface area (Å²) in [6.45, 7) is 0.901. The number of hydrogen-bond acceptors (Lipinski definition) is 4. The summed E-state index contributed by atoms with van der Waals surface area (Å²) < 4.78 is 16.5. The van der Waals surface area contributed by atoms with Crippen LogP contribution in [-0.2, 0) is 6.42 Å². The van der Waals surface area contributed by atoms with Crippen LogP contribution in [0.4, 0.5) is 0 Å². The van der Waals surface area contributed by atoms with Crippen molar-refractivity contribution in [3.63, 3.8) is 0 Å². The maximum Gasteiger partial charge on any atom is 0.124 e. The third-order valence-electron chi connectivity index (χ3n) is 4.15. The number of ether oxygens (including phenoxy) is 3. The zero-order chi connectivity index (χ0) is 15.5. The Bertz CT molecular complexity index is 669. The normalized spacial score (nSPS) is 16.8. The molecular weight excluding hydrogens is 278 g/mol. The van der Waals surface area contributed by atoms with E-state index in [2.05, 4.69) is 17.4 Å². The molecule has 1 N–H and O–H groups in total. The number of hydrogen-bond donors (Lipinski definition) is 1. The second-order valence-corrected chi connectivity index (χ2v) is 5.28. The lowest BCUT2D eigenvalue weighted by atomic mass is 9.88. The van der Waals surface area contributed by atoms with Crippen LogP contribution in [0, 0.1) is 0 Å². The van der Waals surface area contributed by atoms with Crippen LogP contribution in [0.25, 0.3) is 0 Å². The van der Waals surface area contributed by atoms with Crippen LogP contribution in [0.1, 0.15) is 22.7 Å². The molecule has 1 atom stereocenters. The Hall–Kier alpha value is -2.20. The van der Waals surface area contributed by atoms with Crippen LogP contribution < -0.4 is 19.5 Å². The summed E-state index contributed by atoms with van der Waals surface area (Å²) >= 11 is 0. The molecular formula is C18H21NO3. The lowest BCUT2D eigenvalue weighted by molar-refractivity contribution is 0.382. The Balaban J connectivity index is 2.13. The van der Waals surface area contributed by atoms with E-state index in [4.69, 9.17) is 14.2 Å². The molecule has 0 aromatic heterocycles. The monoisotopic (exact) mass is 299 g/mol. The first-order valence-corrected chi connectivity index (χ1v) is 7.39. The second-order valence-electron chi connectivity index (χ2n) is 5.28. The van der Waals surface area contributed by atoms with Gasteiger partial charge >= 0.3 is 0 Å². The molecule has 0 fully saturated rings. The van der Waals surface area contributed by atoms with Gasteiger partial charge in [-0.1, -0.05) is 12.1 Å². The number of benzene rings is 2. The first kappa shape index (κ1) is 14.7. The van der Waals surface area contributed by atoms with Crippen LogP contribution >= 0.6 is 0 Å². The summed E-state index contributed by atoms with van der Waals surface area (Å²) in [6, 6.07) is 12.2. The Morgan fingerprint density at radius 3 is 2.45 bits per heavy atom. The molecule has 2 aromatic carbocycles. The molecule has 4 heteroatoms. The zero-order valence-electron chi connectivity index (χ0n) is 13.2. The molecule has 22 heavy (non-hydrogen) atoms. The number of fused-ring (bicyclic) bond motifs is 1. The van der Waals surface area contributed by atoms with Crippen LogP contribution in [-0.4, -0.2) is 27.9 Å². The largest absolute Gasteiger partial charge is 0.497 e. The van der Waals surface area contributed by atoms with Gasteiger partial charge in [0.15, 0.2) is 0 Å². The quantitative estimate of drug-likeness (QED) is 0.942. The number of rotatable bonds is 4. The summed E-state index contributed by atoms with van der Waals surface area (Å²) in [4.78, 5) is 0. The van der Waals surface area contributed by atoms with Crippen molar-refractivity contribution in [1.82, 2.24) is 5.32 Å². The predicted octanol–water partition coefficient (Wildman–Crippen LogP) is 2.95. The molecule has 1 aliphatic heterocycles. The summed E-state index contributed by atoms with van der Waals surface area (Å²) in [5.74, 6) is 2.66. The third kappa shape index (κ3) is 2.50. The first-order valence-electron chi connectivity index (χ1n) is 7.39. The number of nitrogens with one attached hydrogen (secondary N) is 1. The minimum Gasteiger partial charge on any atom is -0.497 e. The highest BCUT2D eigenvalue weighted by atomic mass is 16.5. The smallest absolute Gasteiger partial charge is 0.124 e. The van der Waals surface area contributed by atoms with Crippen molar-refractivity contribution in [3.8, 4) is 17.2 Å². The highest BCUT2D eigenvalue weighted by molar-refractivity contribution is 5.55. The van der Waals surface area contributed by atoms with E-state index in [9.17, 15) is 0 Å². The first-order chi connectivity index (χ1) is 10.8. The van der Waals surface area contributed by atoms with E-state index in [0.717, 1.165) is 41.3 Å². The molecule has 0 saturated carbocycles. The molecule has 3 rings (SSSR count). The molecule has 0 radical (unpaired) electrons. The van der Waals surface area contributed by atoms with Gasteiger partial charge in [-0.3, -0.25) is 0 Å². The molecule has 4 nitrogen and oxygen atoms in total. The van der Waals surface area contributed by atoms with Crippen molar-refractivity contribution in [2.24, 2.45) is 0 Å². The molecule has 0 bridgehead atoms. The van der Waals surface area contributed by atoms with E-state index in [0.29, 0.717) is 0 Å². The SMILES string of the molecule is COc1cccc(C2NCCc3c(OC)ccc(OC)c32)c1. The van der Waals surface area contributed by atoms with Crippen molar-refractivity contribution in [2.45, 2.75) is 12.5 Å². The van der Waals surface area contributed by atoms with Crippen molar-refractivity contribution >= 4 is 0 Å². The molecule has 0 aliphatic carbocycles. The topological polar surface area (TPSA) is 39.7 Å². The Labute approximate surface area is 131 Å². The van der Waals surface area contributed by atoms with E-state index in [1.807, 2.05) is 24.3 Å². The Morgan fingerprint density at radius 1 is 0.955 bits per heavy atom. The zero-order valence-corrected chi connectivity index (χ0v) is 13.2. The van der Waals surface area contributed by atoms with E-state index in [1.54, 1.807) is 21.3 Å². The highest BCUT2D eigenvalue weighted by Crippen LogP contribution is 2.40. The molecule has 1 unspecified atom stereocenters. The summed E-state index contributed by atoms with van der Waals surface area (Å²) in [7, 11) is 5.11. The fraction of sp³-hybridized carbons (Fsp3) is 0.333. The molecule has 0 saturated heterocycles. The molecule has 1 heterocycles. The predicted molar refractivity (Wildman–Crippen MR) is 86.1 cm³/mol. The molecule has 0 amide bonds. The van der Waals surface area contributed by atoms with Crippen LogP contribution in [0.2, 0.25) is 0 Å². The van der Waals surface area contributed by atoms with Gasteiger partial charge in [0.25, 0.3) is 0 Å². The van der Waals surface area contributed by atoms with Gasteiger partial charge in [0.05, 0.1) is 27.4 Å². The van der Waals surface area contributed by atoms with Crippen molar-refractivity contribution < 1.29 is 14.2 Å². The summed E-state index contributed by atoms with van der Waals surface area (Å²) in [6.07, 6.45) is 0.927. The maximum absolute atomic E-state index is 5.59. The van der Waals surface area contributed by atoms with E-state index >= 15 is 0 Å². The van der Waals surface area contributed by atoms with Gasteiger partial charge in [-0.2, -0.15) is 0 Å². The lowest BCUT2D eigenvalue weighted by Gasteiger charge is -2.30. The van der Waals surface area contributed by atoms with Gasteiger partial charge in [-0.15, -0.1) is 0 Å². The van der Waals surface area contributed by atoms with Crippen molar-refractivity contribution in [2.75, 3.05) is 27.9 Å². The van der Waals surface area contributed by atoms with Gasteiger partial charge in [0.1, 0.15) is 17.2 Å². The Morgan fingerprint density at radius 2 is 1.73 bits per heavy atom. The maximum atomic E-state index is 5.59. The van der Waals surface area contributed by atoms with E-state index in [-0.39, 0.29) is 6.04 Å². The van der Waals surface area contributed by atoms with Crippen LogP contribution in [0.5, 0.6) is 17.2 Å². The fourth-order valence-corrected chi connectivity index (χ4v) is 3.12. The average molecular weight is 299 g/mol. The highest BCUT2D eigenvalue weighted by Gasteiger charge is 2.27. The molecule has 0 spiro atoms. The Kier molecular flexibility index (Phi) is 4.20. The standard InChI is InChI=1S/C18H21NO3/c1-20-13-6-4-5-12(11-13)18-17-14(9-10-19-18)15(21-2)7-8-16(17)22-3/h4-8,11,18-19H,9-10H2,1-3H3. The fourth-order valence-electron chi connectivity index (χ4n) is 3.12. The minimum absolute atomic E-state index is 0.0731. The van der Waals surface area contributed by atoms with E-state index in [1.165, 1.54) is 5.56 Å². The number of methoxy groups -OCH3 is 3. The minimum atomic E-state index is 0.0731. The average Bonchev–Trinajstić information content (AvgIpc) is 2.60. The van der Waals surface area contributed by atoms with Crippen molar-refractivity contribution in [3.05, 3.63) is 53.1 Å². The molecule has 1 aliphatic rings. The lowest BCUT2D eigenvalue weighted by Crippen LogP contribution is -2.31. The summed E-state index contributed by atoms with van der Waals surface area (Å²) in [5.41, 5.74) is 3.53. The molecule has 116 valence electrons. The second kappa shape index (κ2) is 6.28. The van der Waals surface area contributed by atoms with Gasteiger partial charge in [0.2, 0.25) is 0 Å².